The van der Waals surface area contributed by atoms with Crippen LogP contribution in [0.5, 0.6) is 0 Å². The Balaban J connectivity index is 1.21. The van der Waals surface area contributed by atoms with Gasteiger partial charge < -0.3 is 15.0 Å². The van der Waals surface area contributed by atoms with Crippen molar-refractivity contribution in [3.05, 3.63) is 35.9 Å². The number of urea groups is 1. The first-order chi connectivity index (χ1) is 15.6. The number of nitrogens with one attached hydrogen (secondary N) is 1. The smallest absolute Gasteiger partial charge is 0.325 e. The number of rotatable bonds is 4. The summed E-state index contributed by atoms with van der Waals surface area (Å²) in [6.07, 6.45) is 4.06. The first kappa shape index (κ1) is 21.4. The highest BCUT2D eigenvalue weighted by molar-refractivity contribution is 6.07. The third-order valence-electron chi connectivity index (χ3n) is 7.43. The van der Waals surface area contributed by atoms with Crippen LogP contribution < -0.4 is 5.32 Å². The zero-order valence-electron chi connectivity index (χ0n) is 18.5. The minimum Gasteiger partial charge on any atom is -0.368 e. The van der Waals surface area contributed by atoms with Crippen molar-refractivity contribution in [1.29, 1.82) is 0 Å². The lowest BCUT2D eigenvalue weighted by molar-refractivity contribution is -0.145. The summed E-state index contributed by atoms with van der Waals surface area (Å²) in [6, 6.07) is 9.75. The molecule has 1 spiro atoms. The van der Waals surface area contributed by atoms with Gasteiger partial charge in [0.15, 0.2) is 0 Å². The number of carbonyl (C=O) groups is 3. The van der Waals surface area contributed by atoms with Gasteiger partial charge in [-0.05, 0) is 44.1 Å². The maximum atomic E-state index is 13.5. The zero-order chi connectivity index (χ0) is 22.1. The van der Waals surface area contributed by atoms with Crippen molar-refractivity contribution in [2.45, 2.75) is 62.8 Å². The van der Waals surface area contributed by atoms with Crippen molar-refractivity contribution >= 4 is 17.8 Å². The third-order valence-corrected chi connectivity index (χ3v) is 7.43. The van der Waals surface area contributed by atoms with Crippen molar-refractivity contribution in [3.8, 4) is 0 Å². The van der Waals surface area contributed by atoms with Crippen LogP contribution in [-0.4, -0.2) is 83.0 Å². The molecular weight excluding hydrogens is 408 g/mol. The summed E-state index contributed by atoms with van der Waals surface area (Å²) < 4.78 is 5.56. The molecule has 1 aromatic rings. The molecule has 8 heteroatoms. The predicted octanol–water partition coefficient (Wildman–Crippen LogP) is 1.74. The van der Waals surface area contributed by atoms with E-state index >= 15 is 0 Å². The lowest BCUT2D eigenvalue weighted by atomic mass is 9.87. The Bertz CT molecular complexity index is 862. The molecule has 2 atom stereocenters. The molecule has 1 N–H and O–H groups in total. The third kappa shape index (κ3) is 4.01. The topological polar surface area (TPSA) is 82.2 Å². The first-order valence-electron chi connectivity index (χ1n) is 11.9. The average Bonchev–Trinajstić information content (AvgIpc) is 3.43. The number of hydrogen-bond acceptors (Lipinski definition) is 5. The molecule has 4 aliphatic rings. The number of imide groups is 1. The monoisotopic (exact) mass is 440 g/mol. The van der Waals surface area contributed by atoms with Crippen LogP contribution in [0.25, 0.3) is 0 Å². The SMILES string of the molecule is O=C([C@@H]1CCCO1)N1CCC[C@@H](N2C(=O)NC3(CCN(Cc4ccccc4)CC3)C2=O)C1. The van der Waals surface area contributed by atoms with E-state index in [1.807, 2.05) is 18.2 Å². The molecule has 4 saturated heterocycles. The van der Waals surface area contributed by atoms with E-state index in [4.69, 9.17) is 4.74 Å². The van der Waals surface area contributed by atoms with Gasteiger partial charge in [0, 0.05) is 39.3 Å². The maximum Gasteiger partial charge on any atom is 0.325 e. The summed E-state index contributed by atoms with van der Waals surface area (Å²) in [6.45, 7) is 4.09. The van der Waals surface area contributed by atoms with E-state index in [0.29, 0.717) is 32.5 Å². The van der Waals surface area contributed by atoms with Crippen molar-refractivity contribution in [2.24, 2.45) is 0 Å². The van der Waals surface area contributed by atoms with Crippen LogP contribution in [0, 0.1) is 0 Å². The summed E-state index contributed by atoms with van der Waals surface area (Å²) in [5.74, 6) is -0.110. The fourth-order valence-electron chi connectivity index (χ4n) is 5.59. The molecule has 0 radical (unpaired) electrons. The minimum absolute atomic E-state index is 0.00295. The fraction of sp³-hybridized carbons (Fsp3) is 0.625. The van der Waals surface area contributed by atoms with Gasteiger partial charge in [-0.3, -0.25) is 19.4 Å². The Morgan fingerprint density at radius 1 is 1.06 bits per heavy atom. The van der Waals surface area contributed by atoms with Crippen LogP contribution >= 0.6 is 0 Å². The van der Waals surface area contributed by atoms with Crippen molar-refractivity contribution in [3.63, 3.8) is 0 Å². The zero-order valence-corrected chi connectivity index (χ0v) is 18.5. The quantitative estimate of drug-likeness (QED) is 0.722. The summed E-state index contributed by atoms with van der Waals surface area (Å²) >= 11 is 0. The van der Waals surface area contributed by atoms with Gasteiger partial charge in [-0.25, -0.2) is 4.79 Å². The van der Waals surface area contributed by atoms with Crippen LogP contribution in [0.3, 0.4) is 0 Å². The van der Waals surface area contributed by atoms with Gasteiger partial charge in [-0.15, -0.1) is 0 Å². The van der Waals surface area contributed by atoms with Crippen LogP contribution in [-0.2, 0) is 20.9 Å². The Hall–Kier alpha value is -2.45. The fourth-order valence-corrected chi connectivity index (χ4v) is 5.59. The molecule has 0 saturated carbocycles. The minimum atomic E-state index is -0.800. The van der Waals surface area contributed by atoms with Crippen LogP contribution in [0.2, 0.25) is 0 Å². The Morgan fingerprint density at radius 3 is 2.56 bits per heavy atom. The van der Waals surface area contributed by atoms with E-state index < -0.39 is 5.54 Å². The van der Waals surface area contributed by atoms with E-state index in [2.05, 4.69) is 22.3 Å². The van der Waals surface area contributed by atoms with E-state index in [1.54, 1.807) is 4.90 Å². The molecule has 0 unspecified atom stereocenters. The molecule has 4 fully saturated rings. The highest BCUT2D eigenvalue weighted by atomic mass is 16.5. The number of hydrogen-bond donors (Lipinski definition) is 1. The molecule has 172 valence electrons. The Morgan fingerprint density at radius 2 is 1.84 bits per heavy atom. The van der Waals surface area contributed by atoms with Crippen LogP contribution in [0.15, 0.2) is 30.3 Å². The molecule has 4 heterocycles. The number of likely N-dealkylation sites (tertiary alicyclic amines) is 2. The summed E-state index contributed by atoms with van der Waals surface area (Å²) in [5, 5.41) is 3.03. The van der Waals surface area contributed by atoms with Gasteiger partial charge in [-0.2, -0.15) is 0 Å². The molecule has 1 aromatic carbocycles. The largest absolute Gasteiger partial charge is 0.368 e. The number of benzene rings is 1. The molecule has 0 aliphatic carbocycles. The lowest BCUT2D eigenvalue weighted by Crippen LogP contribution is -2.56. The van der Waals surface area contributed by atoms with E-state index in [-0.39, 0.29) is 30.0 Å². The Labute approximate surface area is 188 Å². The molecule has 4 aliphatic heterocycles. The second-order valence-corrected chi connectivity index (χ2v) is 9.53. The first-order valence-corrected chi connectivity index (χ1v) is 11.9. The summed E-state index contributed by atoms with van der Waals surface area (Å²) in [5.41, 5.74) is 0.454. The Kier molecular flexibility index (Phi) is 5.90. The average molecular weight is 441 g/mol. The number of amides is 4. The van der Waals surface area contributed by atoms with Crippen molar-refractivity contribution < 1.29 is 19.1 Å². The second-order valence-electron chi connectivity index (χ2n) is 9.53. The molecule has 0 bridgehead atoms. The molecule has 32 heavy (non-hydrogen) atoms. The van der Waals surface area contributed by atoms with E-state index in [1.165, 1.54) is 10.5 Å². The maximum absolute atomic E-state index is 13.5. The molecule has 0 aromatic heterocycles. The van der Waals surface area contributed by atoms with Crippen molar-refractivity contribution in [1.82, 2.24) is 20.0 Å². The van der Waals surface area contributed by atoms with Gasteiger partial charge >= 0.3 is 6.03 Å². The summed E-state index contributed by atoms with van der Waals surface area (Å²) in [4.78, 5) is 44.7. The van der Waals surface area contributed by atoms with Gasteiger partial charge in [0.2, 0.25) is 0 Å². The number of piperidine rings is 2. The van der Waals surface area contributed by atoms with Crippen LogP contribution in [0.1, 0.15) is 44.1 Å². The van der Waals surface area contributed by atoms with Gasteiger partial charge in [-0.1, -0.05) is 30.3 Å². The highest BCUT2D eigenvalue weighted by Crippen LogP contribution is 2.33. The van der Waals surface area contributed by atoms with Gasteiger partial charge in [0.1, 0.15) is 11.6 Å². The second kappa shape index (κ2) is 8.83. The molecular formula is C24H32N4O4. The number of nitrogens with zero attached hydrogens (tertiary/aromatic N) is 3. The highest BCUT2D eigenvalue weighted by Gasteiger charge is 2.54. The normalized spacial score (nSPS) is 28.4. The van der Waals surface area contributed by atoms with Gasteiger partial charge in [0.05, 0.1) is 6.04 Å². The van der Waals surface area contributed by atoms with Crippen LogP contribution in [0.4, 0.5) is 4.79 Å². The lowest BCUT2D eigenvalue weighted by Gasteiger charge is -2.39. The number of ether oxygens (including phenoxy) is 1. The van der Waals surface area contributed by atoms with Crippen molar-refractivity contribution in [2.75, 3.05) is 32.8 Å². The molecule has 5 rings (SSSR count). The standard InChI is InChI=1S/C24H32N4O4/c29-21(20-9-5-15-32-20)27-12-4-8-19(17-27)28-22(30)24(25-23(28)31)10-13-26(14-11-24)16-18-6-2-1-3-7-18/h1-3,6-7,19-20H,4-5,8-17H2,(H,25,31)/t19-,20+/m1/s1. The number of carbonyl (C=O) groups excluding carboxylic acids is 3. The van der Waals surface area contributed by atoms with Gasteiger partial charge in [0.25, 0.3) is 11.8 Å². The predicted molar refractivity (Wildman–Crippen MR) is 118 cm³/mol. The molecule has 4 amide bonds. The van der Waals surface area contributed by atoms with E-state index in [0.717, 1.165) is 45.3 Å². The molecule has 8 nitrogen and oxygen atoms in total. The van der Waals surface area contributed by atoms with E-state index in [9.17, 15) is 14.4 Å². The summed E-state index contributed by atoms with van der Waals surface area (Å²) in [7, 11) is 0.